The van der Waals surface area contributed by atoms with Gasteiger partial charge in [0.05, 0.1) is 0 Å². The summed E-state index contributed by atoms with van der Waals surface area (Å²) in [5.41, 5.74) is 1.37. The molecule has 0 radical (unpaired) electrons. The summed E-state index contributed by atoms with van der Waals surface area (Å²) in [4.78, 5) is 2.35. The highest BCUT2D eigenvalue weighted by atomic mass is 15.1. The van der Waals surface area contributed by atoms with Crippen LogP contribution < -0.4 is 0 Å². The van der Waals surface area contributed by atoms with Gasteiger partial charge < -0.3 is 0 Å². The molecule has 0 saturated carbocycles. The number of rotatable bonds is 5. The lowest BCUT2D eigenvalue weighted by molar-refractivity contribution is 0.311. The van der Waals surface area contributed by atoms with Gasteiger partial charge in [0.1, 0.15) is 0 Å². The molecule has 1 nitrogen and oxygen atoms in total. The van der Waals surface area contributed by atoms with Gasteiger partial charge >= 0.3 is 0 Å². The van der Waals surface area contributed by atoms with Crippen LogP contribution in [0.2, 0.25) is 0 Å². The summed E-state index contributed by atoms with van der Waals surface area (Å²) in [5.74, 6) is 0. The van der Waals surface area contributed by atoms with Crippen LogP contribution in [0.15, 0.2) is 43.0 Å². The molecular formula is C12H17N. The van der Waals surface area contributed by atoms with Gasteiger partial charge in [-0.2, -0.15) is 0 Å². The topological polar surface area (TPSA) is 3.24 Å². The summed E-state index contributed by atoms with van der Waals surface area (Å²) < 4.78 is 0. The molecule has 0 aromatic heterocycles. The first-order chi connectivity index (χ1) is 6.36. The Labute approximate surface area is 80.7 Å². The van der Waals surface area contributed by atoms with E-state index in [0.29, 0.717) is 0 Å². The average Bonchev–Trinajstić information content (AvgIpc) is 2.19. The van der Waals surface area contributed by atoms with Crippen LogP contribution in [-0.4, -0.2) is 18.0 Å². The number of benzene rings is 1. The van der Waals surface area contributed by atoms with Crippen LogP contribution in [0.5, 0.6) is 0 Å². The highest BCUT2D eigenvalue weighted by molar-refractivity contribution is 5.14. The Morgan fingerprint density at radius 2 is 2.00 bits per heavy atom. The fourth-order valence-corrected chi connectivity index (χ4v) is 1.33. The second-order valence-electron chi connectivity index (χ2n) is 3.10. The third-order valence-corrected chi connectivity index (χ3v) is 2.08. The van der Waals surface area contributed by atoms with Gasteiger partial charge in [-0.3, -0.25) is 4.90 Å². The van der Waals surface area contributed by atoms with Crippen molar-refractivity contribution in [1.82, 2.24) is 4.90 Å². The molecule has 70 valence electrons. The maximum atomic E-state index is 3.75. The van der Waals surface area contributed by atoms with E-state index in [9.17, 15) is 0 Å². The smallest absolute Gasteiger partial charge is 0.0236 e. The summed E-state index contributed by atoms with van der Waals surface area (Å²) in [6, 6.07) is 10.5. The average molecular weight is 175 g/mol. The molecule has 1 heteroatoms. The number of hydrogen-bond donors (Lipinski definition) is 0. The van der Waals surface area contributed by atoms with Gasteiger partial charge in [-0.25, -0.2) is 0 Å². The minimum Gasteiger partial charge on any atom is -0.296 e. The Kier molecular flexibility index (Phi) is 4.27. The predicted octanol–water partition coefficient (Wildman–Crippen LogP) is 2.69. The molecule has 13 heavy (non-hydrogen) atoms. The molecule has 1 rings (SSSR count). The highest BCUT2D eigenvalue weighted by Gasteiger charge is 1.99. The first-order valence-corrected chi connectivity index (χ1v) is 4.74. The normalized spacial score (nSPS) is 10.3. The van der Waals surface area contributed by atoms with Gasteiger partial charge in [-0.05, 0) is 12.1 Å². The van der Waals surface area contributed by atoms with Gasteiger partial charge in [0.25, 0.3) is 0 Å². The second kappa shape index (κ2) is 5.55. The summed E-state index contributed by atoms with van der Waals surface area (Å²) in [6.45, 7) is 8.97. The molecule has 0 atom stereocenters. The van der Waals surface area contributed by atoms with Crippen LogP contribution in [-0.2, 0) is 6.54 Å². The Balaban J connectivity index is 2.51. The van der Waals surface area contributed by atoms with Crippen molar-refractivity contribution in [3.8, 4) is 0 Å². The van der Waals surface area contributed by atoms with E-state index in [1.807, 2.05) is 12.1 Å². The van der Waals surface area contributed by atoms with Crippen molar-refractivity contribution in [2.45, 2.75) is 13.5 Å². The lowest BCUT2D eigenvalue weighted by atomic mass is 10.2. The first-order valence-electron chi connectivity index (χ1n) is 4.74. The van der Waals surface area contributed by atoms with E-state index in [1.165, 1.54) is 5.56 Å². The minimum absolute atomic E-state index is 0.964. The molecule has 0 bridgehead atoms. The Morgan fingerprint density at radius 1 is 1.31 bits per heavy atom. The van der Waals surface area contributed by atoms with Crippen molar-refractivity contribution in [1.29, 1.82) is 0 Å². The van der Waals surface area contributed by atoms with Gasteiger partial charge in [-0.1, -0.05) is 43.3 Å². The molecule has 0 unspecified atom stereocenters. The molecule has 0 fully saturated rings. The van der Waals surface area contributed by atoms with Gasteiger partial charge in [0.15, 0.2) is 0 Å². The summed E-state index contributed by atoms with van der Waals surface area (Å²) in [5, 5.41) is 0. The molecule has 0 amide bonds. The molecule has 0 aliphatic heterocycles. The molecule has 0 aliphatic carbocycles. The highest BCUT2D eigenvalue weighted by Crippen LogP contribution is 2.03. The van der Waals surface area contributed by atoms with E-state index in [0.717, 1.165) is 19.6 Å². The van der Waals surface area contributed by atoms with Gasteiger partial charge in [-0.15, -0.1) is 6.58 Å². The molecule has 0 aliphatic rings. The maximum Gasteiger partial charge on any atom is 0.0236 e. The predicted molar refractivity (Wildman–Crippen MR) is 57.6 cm³/mol. The first kappa shape index (κ1) is 10.0. The molecular weight excluding hydrogens is 158 g/mol. The Bertz CT molecular complexity index is 241. The lowest BCUT2D eigenvalue weighted by Crippen LogP contribution is -2.22. The lowest BCUT2D eigenvalue weighted by Gasteiger charge is -2.17. The third kappa shape index (κ3) is 3.43. The summed E-state index contributed by atoms with van der Waals surface area (Å²) in [7, 11) is 0. The van der Waals surface area contributed by atoms with E-state index in [4.69, 9.17) is 0 Å². The number of hydrogen-bond acceptors (Lipinski definition) is 1. The van der Waals surface area contributed by atoms with Gasteiger partial charge in [0, 0.05) is 13.1 Å². The Morgan fingerprint density at radius 3 is 2.54 bits per heavy atom. The fraction of sp³-hybridized carbons (Fsp3) is 0.333. The number of nitrogens with zero attached hydrogens (tertiary/aromatic N) is 1. The molecule has 0 saturated heterocycles. The molecule has 1 aromatic carbocycles. The van der Waals surface area contributed by atoms with Crippen molar-refractivity contribution in [2.75, 3.05) is 13.1 Å². The van der Waals surface area contributed by atoms with Crippen molar-refractivity contribution in [2.24, 2.45) is 0 Å². The van der Waals surface area contributed by atoms with Crippen LogP contribution >= 0.6 is 0 Å². The van der Waals surface area contributed by atoms with E-state index in [-0.39, 0.29) is 0 Å². The van der Waals surface area contributed by atoms with E-state index in [2.05, 4.69) is 42.7 Å². The maximum absolute atomic E-state index is 3.75. The SMILES string of the molecule is C=CCN(CC)Cc1ccccc1. The van der Waals surface area contributed by atoms with E-state index in [1.54, 1.807) is 0 Å². The van der Waals surface area contributed by atoms with E-state index >= 15 is 0 Å². The van der Waals surface area contributed by atoms with E-state index < -0.39 is 0 Å². The van der Waals surface area contributed by atoms with Crippen LogP contribution in [0.1, 0.15) is 12.5 Å². The Hall–Kier alpha value is -1.08. The molecule has 0 N–H and O–H groups in total. The minimum atomic E-state index is 0.964. The van der Waals surface area contributed by atoms with Crippen molar-refractivity contribution in [3.63, 3.8) is 0 Å². The largest absolute Gasteiger partial charge is 0.296 e. The van der Waals surface area contributed by atoms with Gasteiger partial charge in [0.2, 0.25) is 0 Å². The number of likely N-dealkylation sites (N-methyl/N-ethyl adjacent to an activating group) is 1. The van der Waals surface area contributed by atoms with Crippen LogP contribution in [0.4, 0.5) is 0 Å². The summed E-state index contributed by atoms with van der Waals surface area (Å²) in [6.07, 6.45) is 1.95. The summed E-state index contributed by atoms with van der Waals surface area (Å²) >= 11 is 0. The van der Waals surface area contributed by atoms with Crippen LogP contribution in [0.3, 0.4) is 0 Å². The van der Waals surface area contributed by atoms with Crippen molar-refractivity contribution < 1.29 is 0 Å². The molecule has 0 spiro atoms. The second-order valence-corrected chi connectivity index (χ2v) is 3.10. The fourth-order valence-electron chi connectivity index (χ4n) is 1.33. The standard InChI is InChI=1S/C12H17N/c1-3-10-13(4-2)11-12-8-6-5-7-9-12/h3,5-9H,1,4,10-11H2,2H3. The zero-order valence-corrected chi connectivity index (χ0v) is 8.24. The zero-order valence-electron chi connectivity index (χ0n) is 8.24. The van der Waals surface area contributed by atoms with Crippen LogP contribution in [0.25, 0.3) is 0 Å². The third-order valence-electron chi connectivity index (χ3n) is 2.08. The van der Waals surface area contributed by atoms with Crippen molar-refractivity contribution >= 4 is 0 Å². The van der Waals surface area contributed by atoms with Crippen molar-refractivity contribution in [3.05, 3.63) is 48.6 Å². The quantitative estimate of drug-likeness (QED) is 0.622. The monoisotopic (exact) mass is 175 g/mol. The molecule has 0 heterocycles. The van der Waals surface area contributed by atoms with Crippen LogP contribution in [0, 0.1) is 0 Å². The molecule has 1 aromatic rings. The zero-order chi connectivity index (χ0) is 9.52.